The molecule has 0 aliphatic carbocycles. The molecular weight excluding hydrogens is 228 g/mol. The number of anilines is 1. The van der Waals surface area contributed by atoms with E-state index in [0.29, 0.717) is 12.6 Å². The zero-order chi connectivity index (χ0) is 12.5. The summed E-state index contributed by atoms with van der Waals surface area (Å²) in [5, 5.41) is 2.86. The van der Waals surface area contributed by atoms with Gasteiger partial charge in [-0.25, -0.2) is 4.98 Å². The van der Waals surface area contributed by atoms with Crippen molar-refractivity contribution in [2.45, 2.75) is 13.0 Å². The molecule has 1 aromatic heterocycles. The lowest BCUT2D eigenvalue weighted by molar-refractivity contribution is -0.125. The Kier molecular flexibility index (Phi) is 2.91. The fourth-order valence-electron chi connectivity index (χ4n) is 2.54. The second kappa shape index (κ2) is 4.57. The molecule has 3 rings (SSSR count). The third-order valence-corrected chi connectivity index (χ3v) is 3.67. The van der Waals surface area contributed by atoms with E-state index in [1.807, 2.05) is 12.3 Å². The monoisotopic (exact) mass is 246 g/mol. The maximum Gasteiger partial charge on any atom is 0.234 e. The lowest BCUT2D eigenvalue weighted by Crippen LogP contribution is -2.64. The van der Waals surface area contributed by atoms with E-state index in [9.17, 15) is 4.79 Å². The van der Waals surface area contributed by atoms with Gasteiger partial charge in [0.2, 0.25) is 5.91 Å². The van der Waals surface area contributed by atoms with Crippen LogP contribution in [-0.4, -0.2) is 54.6 Å². The second-order valence-corrected chi connectivity index (χ2v) is 5.07. The summed E-state index contributed by atoms with van der Waals surface area (Å²) in [5.74, 6) is 1.20. The summed E-state index contributed by atoms with van der Waals surface area (Å²) >= 11 is 0. The summed E-state index contributed by atoms with van der Waals surface area (Å²) < 4.78 is 0. The van der Waals surface area contributed by atoms with Crippen LogP contribution in [0.1, 0.15) is 5.56 Å². The normalized spacial score (nSPS) is 21.6. The fraction of sp³-hybridized carbons (Fsp3) is 0.538. The second-order valence-electron chi connectivity index (χ2n) is 5.07. The van der Waals surface area contributed by atoms with Crippen molar-refractivity contribution in [2.24, 2.45) is 0 Å². The van der Waals surface area contributed by atoms with Crippen molar-refractivity contribution < 1.29 is 4.79 Å². The van der Waals surface area contributed by atoms with Crippen molar-refractivity contribution in [3.05, 3.63) is 23.9 Å². The first kappa shape index (κ1) is 11.5. The number of hydrogen-bond donors (Lipinski definition) is 1. The van der Waals surface area contributed by atoms with Crippen LogP contribution >= 0.6 is 0 Å². The molecule has 1 amide bonds. The zero-order valence-electron chi connectivity index (χ0n) is 10.6. The van der Waals surface area contributed by atoms with Crippen LogP contribution in [0.2, 0.25) is 0 Å². The van der Waals surface area contributed by atoms with Crippen molar-refractivity contribution in [2.75, 3.05) is 37.6 Å². The van der Waals surface area contributed by atoms with Crippen molar-refractivity contribution in [1.29, 1.82) is 0 Å². The number of nitrogens with zero attached hydrogens (tertiary/aromatic N) is 3. The Labute approximate surface area is 107 Å². The van der Waals surface area contributed by atoms with E-state index in [1.165, 1.54) is 5.56 Å². The third kappa shape index (κ3) is 2.18. The Morgan fingerprint density at radius 3 is 3.00 bits per heavy atom. The SMILES string of the molecule is Cc1ccnc(N2CC(N3CCNC(=O)C3)C2)c1. The minimum absolute atomic E-state index is 0.147. The van der Waals surface area contributed by atoms with Gasteiger partial charge in [-0.05, 0) is 24.6 Å². The molecule has 0 atom stereocenters. The molecule has 0 unspecified atom stereocenters. The zero-order valence-corrected chi connectivity index (χ0v) is 10.6. The van der Waals surface area contributed by atoms with Crippen LogP contribution in [0.4, 0.5) is 5.82 Å². The summed E-state index contributed by atoms with van der Waals surface area (Å²) in [5.41, 5.74) is 1.24. The van der Waals surface area contributed by atoms with E-state index < -0.39 is 0 Å². The molecule has 5 heteroatoms. The van der Waals surface area contributed by atoms with E-state index in [2.05, 4.69) is 33.1 Å². The summed E-state index contributed by atoms with van der Waals surface area (Å²) in [4.78, 5) is 20.3. The first-order valence-corrected chi connectivity index (χ1v) is 6.41. The highest BCUT2D eigenvalue weighted by atomic mass is 16.2. The molecule has 2 aliphatic rings. The number of pyridine rings is 1. The van der Waals surface area contributed by atoms with Crippen LogP contribution in [0.25, 0.3) is 0 Å². The molecule has 5 nitrogen and oxygen atoms in total. The third-order valence-electron chi connectivity index (χ3n) is 3.67. The Bertz CT molecular complexity index is 456. The number of hydrogen-bond acceptors (Lipinski definition) is 4. The first-order chi connectivity index (χ1) is 8.72. The smallest absolute Gasteiger partial charge is 0.234 e. The number of aromatic nitrogens is 1. The van der Waals surface area contributed by atoms with Gasteiger partial charge >= 0.3 is 0 Å². The average Bonchev–Trinajstić information content (AvgIpc) is 2.27. The van der Waals surface area contributed by atoms with Gasteiger partial charge in [-0.1, -0.05) is 0 Å². The quantitative estimate of drug-likeness (QED) is 0.798. The summed E-state index contributed by atoms with van der Waals surface area (Å²) in [6, 6.07) is 4.62. The Balaban J connectivity index is 1.58. The van der Waals surface area contributed by atoms with Gasteiger partial charge in [-0.2, -0.15) is 0 Å². The molecule has 18 heavy (non-hydrogen) atoms. The van der Waals surface area contributed by atoms with E-state index in [0.717, 1.165) is 32.0 Å². The molecule has 0 bridgehead atoms. The van der Waals surface area contributed by atoms with Crippen LogP contribution in [0.3, 0.4) is 0 Å². The lowest BCUT2D eigenvalue weighted by atomic mass is 10.1. The van der Waals surface area contributed by atoms with Gasteiger partial charge < -0.3 is 10.2 Å². The lowest BCUT2D eigenvalue weighted by Gasteiger charge is -2.46. The van der Waals surface area contributed by atoms with Crippen molar-refractivity contribution >= 4 is 11.7 Å². The standard InChI is InChI=1S/C13H18N4O/c1-10-2-3-14-12(6-10)17-7-11(8-17)16-5-4-15-13(18)9-16/h2-3,6,11H,4-5,7-9H2,1H3,(H,15,18). The molecule has 0 saturated carbocycles. The predicted molar refractivity (Wildman–Crippen MR) is 69.6 cm³/mol. The van der Waals surface area contributed by atoms with Gasteiger partial charge in [-0.15, -0.1) is 0 Å². The van der Waals surface area contributed by atoms with Crippen LogP contribution in [-0.2, 0) is 4.79 Å². The van der Waals surface area contributed by atoms with Crippen molar-refractivity contribution in [1.82, 2.24) is 15.2 Å². The Hall–Kier alpha value is -1.62. The summed E-state index contributed by atoms with van der Waals surface area (Å²) in [7, 11) is 0. The van der Waals surface area contributed by atoms with E-state index >= 15 is 0 Å². The molecule has 2 saturated heterocycles. The van der Waals surface area contributed by atoms with Gasteiger partial charge in [0.1, 0.15) is 5.82 Å². The molecule has 0 spiro atoms. The maximum atomic E-state index is 11.3. The van der Waals surface area contributed by atoms with Gasteiger partial charge in [0.15, 0.2) is 0 Å². The number of piperazine rings is 1. The average molecular weight is 246 g/mol. The number of aryl methyl sites for hydroxylation is 1. The minimum atomic E-state index is 0.147. The number of carbonyl (C=O) groups is 1. The number of rotatable bonds is 2. The molecule has 1 N–H and O–H groups in total. The molecule has 0 radical (unpaired) electrons. The van der Waals surface area contributed by atoms with Crippen molar-refractivity contribution in [3.63, 3.8) is 0 Å². The summed E-state index contributed by atoms with van der Waals surface area (Å²) in [6.07, 6.45) is 1.85. The molecular formula is C13H18N4O. The van der Waals surface area contributed by atoms with Gasteiger partial charge in [-0.3, -0.25) is 9.69 Å². The molecule has 2 aliphatic heterocycles. The highest BCUT2D eigenvalue weighted by Gasteiger charge is 2.34. The van der Waals surface area contributed by atoms with Crippen LogP contribution < -0.4 is 10.2 Å². The molecule has 96 valence electrons. The van der Waals surface area contributed by atoms with Crippen LogP contribution in [0.5, 0.6) is 0 Å². The Morgan fingerprint density at radius 2 is 2.28 bits per heavy atom. The summed E-state index contributed by atoms with van der Waals surface area (Å²) in [6.45, 7) is 6.31. The van der Waals surface area contributed by atoms with Gasteiger partial charge in [0.05, 0.1) is 6.54 Å². The van der Waals surface area contributed by atoms with E-state index in [-0.39, 0.29) is 5.91 Å². The van der Waals surface area contributed by atoms with Crippen LogP contribution in [0, 0.1) is 6.92 Å². The highest BCUT2D eigenvalue weighted by molar-refractivity contribution is 5.78. The van der Waals surface area contributed by atoms with Crippen LogP contribution in [0.15, 0.2) is 18.3 Å². The largest absolute Gasteiger partial charge is 0.354 e. The predicted octanol–water partition coefficient (Wildman–Crippen LogP) is 0.0104. The van der Waals surface area contributed by atoms with Crippen molar-refractivity contribution in [3.8, 4) is 0 Å². The van der Waals surface area contributed by atoms with Gasteiger partial charge in [0, 0.05) is 38.4 Å². The topological polar surface area (TPSA) is 48.5 Å². The number of nitrogens with one attached hydrogen (secondary N) is 1. The molecule has 2 fully saturated rings. The first-order valence-electron chi connectivity index (χ1n) is 6.41. The Morgan fingerprint density at radius 1 is 1.44 bits per heavy atom. The minimum Gasteiger partial charge on any atom is -0.354 e. The molecule has 0 aromatic carbocycles. The van der Waals surface area contributed by atoms with E-state index in [1.54, 1.807) is 0 Å². The number of carbonyl (C=O) groups excluding carboxylic acids is 1. The highest BCUT2D eigenvalue weighted by Crippen LogP contribution is 2.22. The van der Waals surface area contributed by atoms with Gasteiger partial charge in [0.25, 0.3) is 0 Å². The fourth-order valence-corrected chi connectivity index (χ4v) is 2.54. The van der Waals surface area contributed by atoms with E-state index in [4.69, 9.17) is 0 Å². The molecule has 1 aromatic rings. The number of amides is 1. The molecule has 3 heterocycles. The maximum absolute atomic E-state index is 11.3.